The third kappa shape index (κ3) is 4.91. The maximum Gasteiger partial charge on any atom is 0.344 e. The molecule has 0 bridgehead atoms. The van der Waals surface area contributed by atoms with Gasteiger partial charge in [0.25, 0.3) is 5.91 Å². The summed E-state index contributed by atoms with van der Waals surface area (Å²) in [5.41, 5.74) is -0.328. The normalized spacial score (nSPS) is 20.2. The molecule has 1 atom stereocenters. The van der Waals surface area contributed by atoms with Crippen LogP contribution in [0.1, 0.15) is 48.2 Å². The second kappa shape index (κ2) is 9.42. The van der Waals surface area contributed by atoms with Gasteiger partial charge in [0.15, 0.2) is 16.4 Å². The van der Waals surface area contributed by atoms with E-state index in [1.807, 2.05) is 0 Å². The summed E-state index contributed by atoms with van der Waals surface area (Å²) in [6.45, 7) is 0.902. The first kappa shape index (κ1) is 23.7. The van der Waals surface area contributed by atoms with Crippen molar-refractivity contribution in [1.29, 1.82) is 0 Å². The number of nitrogens with zero attached hydrogens (tertiary/aromatic N) is 2. The van der Waals surface area contributed by atoms with Gasteiger partial charge in [0.1, 0.15) is 22.8 Å². The Morgan fingerprint density at radius 2 is 1.97 bits per heavy atom. The van der Waals surface area contributed by atoms with Crippen molar-refractivity contribution in [3.8, 4) is 11.3 Å². The lowest BCUT2D eigenvalue weighted by atomic mass is 10.1. The predicted molar refractivity (Wildman–Crippen MR) is 118 cm³/mol. The van der Waals surface area contributed by atoms with E-state index < -0.39 is 40.2 Å². The Morgan fingerprint density at radius 3 is 2.61 bits per heavy atom. The zero-order chi connectivity index (χ0) is 23.8. The highest BCUT2D eigenvalue weighted by molar-refractivity contribution is 7.91. The minimum absolute atomic E-state index is 0.0423. The molecule has 1 aliphatic heterocycles. The van der Waals surface area contributed by atoms with Crippen LogP contribution in [-0.2, 0) is 19.4 Å². The van der Waals surface area contributed by atoms with E-state index in [1.165, 1.54) is 25.1 Å². The standard InChI is InChI=1S/C22H24ClFN2O6S/c1-13-19(21(25-32-13)20-16(23)7-4-8-17(20)24)22(28)31-11-18(27)26(14-5-2-3-6-14)15-9-10-33(29,30)12-15/h4,7-8,14-15H,2-3,5-6,9-12H2,1H3. The molecule has 0 N–H and O–H groups in total. The van der Waals surface area contributed by atoms with Gasteiger partial charge in [0, 0.05) is 12.1 Å². The number of aryl methyl sites for hydroxylation is 1. The largest absolute Gasteiger partial charge is 0.452 e. The number of carbonyl (C=O) groups excluding carboxylic acids is 2. The summed E-state index contributed by atoms with van der Waals surface area (Å²) in [6.07, 6.45) is 3.87. The van der Waals surface area contributed by atoms with Gasteiger partial charge in [0.2, 0.25) is 0 Å². The minimum atomic E-state index is -3.19. The van der Waals surface area contributed by atoms with E-state index in [0.29, 0.717) is 6.42 Å². The molecule has 2 heterocycles. The van der Waals surface area contributed by atoms with Gasteiger partial charge in [-0.15, -0.1) is 0 Å². The summed E-state index contributed by atoms with van der Waals surface area (Å²) >= 11 is 6.10. The first-order valence-corrected chi connectivity index (χ1v) is 13.0. The topological polar surface area (TPSA) is 107 Å². The van der Waals surface area contributed by atoms with Crippen LogP contribution in [0.3, 0.4) is 0 Å². The van der Waals surface area contributed by atoms with Gasteiger partial charge >= 0.3 is 5.97 Å². The van der Waals surface area contributed by atoms with E-state index >= 15 is 0 Å². The van der Waals surface area contributed by atoms with Crippen LogP contribution in [0.5, 0.6) is 0 Å². The minimum Gasteiger partial charge on any atom is -0.452 e. The first-order valence-electron chi connectivity index (χ1n) is 10.8. The molecule has 11 heteroatoms. The molecule has 1 aromatic carbocycles. The van der Waals surface area contributed by atoms with Crippen LogP contribution in [0.25, 0.3) is 11.3 Å². The molecule has 0 radical (unpaired) electrons. The smallest absolute Gasteiger partial charge is 0.344 e. The summed E-state index contributed by atoms with van der Waals surface area (Å²) in [6, 6.07) is 3.57. The fraction of sp³-hybridized carbons (Fsp3) is 0.500. The predicted octanol–water partition coefficient (Wildman–Crippen LogP) is 3.56. The summed E-state index contributed by atoms with van der Waals surface area (Å²) in [4.78, 5) is 27.5. The number of aromatic nitrogens is 1. The van der Waals surface area contributed by atoms with Gasteiger partial charge in [-0.1, -0.05) is 35.7 Å². The van der Waals surface area contributed by atoms with Gasteiger partial charge < -0.3 is 14.2 Å². The number of rotatable bonds is 6. The van der Waals surface area contributed by atoms with Crippen LogP contribution in [0.4, 0.5) is 4.39 Å². The number of halogens is 2. The molecular weight excluding hydrogens is 475 g/mol. The van der Waals surface area contributed by atoms with Crippen molar-refractivity contribution in [2.75, 3.05) is 18.1 Å². The van der Waals surface area contributed by atoms with Crippen molar-refractivity contribution in [2.24, 2.45) is 0 Å². The molecule has 2 aliphatic rings. The number of ether oxygens (including phenoxy) is 1. The maximum absolute atomic E-state index is 14.4. The van der Waals surface area contributed by atoms with Crippen molar-refractivity contribution < 1.29 is 31.7 Å². The lowest BCUT2D eigenvalue weighted by Gasteiger charge is -2.33. The van der Waals surface area contributed by atoms with Crippen LogP contribution in [0, 0.1) is 12.7 Å². The number of amides is 1. The summed E-state index contributed by atoms with van der Waals surface area (Å²) in [5, 5.41) is 3.82. The van der Waals surface area contributed by atoms with Gasteiger partial charge in [0.05, 0.1) is 22.1 Å². The molecule has 4 rings (SSSR count). The fourth-order valence-corrected chi connectivity index (χ4v) is 6.63. The molecule has 1 unspecified atom stereocenters. The Balaban J connectivity index is 1.52. The molecule has 2 aromatic rings. The van der Waals surface area contributed by atoms with Crippen molar-refractivity contribution in [1.82, 2.24) is 10.1 Å². The molecule has 0 spiro atoms. The number of sulfone groups is 1. The number of esters is 1. The number of hydrogen-bond donors (Lipinski definition) is 0. The van der Waals surface area contributed by atoms with E-state index in [0.717, 1.165) is 25.7 Å². The highest BCUT2D eigenvalue weighted by Crippen LogP contribution is 2.34. The lowest BCUT2D eigenvalue weighted by molar-refractivity contribution is -0.139. The van der Waals surface area contributed by atoms with E-state index in [9.17, 15) is 22.4 Å². The SMILES string of the molecule is Cc1onc(-c2c(F)cccc2Cl)c1C(=O)OCC(=O)N(C1CCCC1)C1CCS(=O)(=O)C1. The first-order chi connectivity index (χ1) is 15.7. The molecule has 1 amide bonds. The molecule has 2 fully saturated rings. The van der Waals surface area contributed by atoms with E-state index in [1.54, 1.807) is 4.90 Å². The average Bonchev–Trinajstić information content (AvgIpc) is 3.48. The zero-order valence-electron chi connectivity index (χ0n) is 18.1. The van der Waals surface area contributed by atoms with Crippen LogP contribution in [0.15, 0.2) is 22.7 Å². The summed E-state index contributed by atoms with van der Waals surface area (Å²) in [7, 11) is -3.19. The highest BCUT2D eigenvalue weighted by atomic mass is 35.5. The molecular formula is C22H24ClFN2O6S. The Morgan fingerprint density at radius 1 is 1.24 bits per heavy atom. The van der Waals surface area contributed by atoms with Gasteiger partial charge in [-0.2, -0.15) is 0 Å². The maximum atomic E-state index is 14.4. The second-order valence-electron chi connectivity index (χ2n) is 8.43. The Bertz CT molecular complexity index is 1160. The van der Waals surface area contributed by atoms with Crippen molar-refractivity contribution >= 4 is 33.3 Å². The van der Waals surface area contributed by atoms with Crippen LogP contribution in [0.2, 0.25) is 5.02 Å². The summed E-state index contributed by atoms with van der Waals surface area (Å²) < 4.78 is 48.7. The van der Waals surface area contributed by atoms with Crippen LogP contribution < -0.4 is 0 Å². The molecule has 33 heavy (non-hydrogen) atoms. The Kier molecular flexibility index (Phi) is 6.76. The van der Waals surface area contributed by atoms with E-state index in [4.69, 9.17) is 20.9 Å². The quantitative estimate of drug-likeness (QED) is 0.560. The monoisotopic (exact) mass is 498 g/mol. The van der Waals surface area contributed by atoms with Gasteiger partial charge in [-0.3, -0.25) is 4.79 Å². The third-order valence-corrected chi connectivity index (χ3v) is 8.27. The molecule has 1 aromatic heterocycles. The van der Waals surface area contributed by atoms with Crippen molar-refractivity contribution in [2.45, 2.75) is 51.1 Å². The molecule has 1 saturated carbocycles. The lowest BCUT2D eigenvalue weighted by Crippen LogP contribution is -2.48. The molecule has 8 nitrogen and oxygen atoms in total. The van der Waals surface area contributed by atoms with Gasteiger partial charge in [-0.05, 0) is 38.3 Å². The molecule has 1 aliphatic carbocycles. The summed E-state index contributed by atoms with van der Waals surface area (Å²) in [5.74, 6) is -1.98. The van der Waals surface area contributed by atoms with E-state index in [-0.39, 0.29) is 45.2 Å². The zero-order valence-corrected chi connectivity index (χ0v) is 19.6. The average molecular weight is 499 g/mol. The highest BCUT2D eigenvalue weighted by Gasteiger charge is 2.39. The number of carbonyl (C=O) groups is 2. The Labute approximate surface area is 195 Å². The number of hydrogen-bond acceptors (Lipinski definition) is 7. The van der Waals surface area contributed by atoms with Crippen molar-refractivity contribution in [3.63, 3.8) is 0 Å². The van der Waals surface area contributed by atoms with Gasteiger partial charge in [-0.25, -0.2) is 17.6 Å². The second-order valence-corrected chi connectivity index (χ2v) is 11.1. The number of benzene rings is 1. The fourth-order valence-electron chi connectivity index (χ4n) is 4.66. The van der Waals surface area contributed by atoms with Crippen LogP contribution >= 0.6 is 11.6 Å². The van der Waals surface area contributed by atoms with E-state index in [2.05, 4.69) is 5.16 Å². The molecule has 1 saturated heterocycles. The third-order valence-electron chi connectivity index (χ3n) is 6.20. The van der Waals surface area contributed by atoms with Crippen molar-refractivity contribution in [3.05, 3.63) is 40.4 Å². The molecule has 178 valence electrons. The Hall–Kier alpha value is -2.46. The van der Waals surface area contributed by atoms with Crippen LogP contribution in [-0.4, -0.2) is 60.5 Å².